The summed E-state index contributed by atoms with van der Waals surface area (Å²) in [5.41, 5.74) is 1.03. The first-order valence-electron chi connectivity index (χ1n) is 10.3. The number of nitrogens with zero attached hydrogens (tertiary/aromatic N) is 3. The van der Waals surface area contributed by atoms with Crippen molar-refractivity contribution < 1.29 is 28.3 Å². The summed E-state index contributed by atoms with van der Waals surface area (Å²) in [6.45, 7) is 3.94. The molecule has 9 nitrogen and oxygen atoms in total. The quantitative estimate of drug-likeness (QED) is 0.347. The van der Waals surface area contributed by atoms with Gasteiger partial charge in [-0.15, -0.1) is 0 Å². The Morgan fingerprint density at radius 2 is 1.73 bits per heavy atom. The van der Waals surface area contributed by atoms with Crippen molar-refractivity contribution in [3.8, 4) is 23.5 Å². The van der Waals surface area contributed by atoms with Crippen molar-refractivity contribution in [1.29, 1.82) is 0 Å². The highest BCUT2D eigenvalue weighted by Gasteiger charge is 2.21. The molecule has 0 amide bonds. The Morgan fingerprint density at radius 1 is 1.00 bits per heavy atom. The zero-order chi connectivity index (χ0) is 23.4. The van der Waals surface area contributed by atoms with Gasteiger partial charge in [-0.2, -0.15) is 9.97 Å². The summed E-state index contributed by atoms with van der Waals surface area (Å²) >= 11 is 0. The number of methoxy groups -OCH3 is 2. The van der Waals surface area contributed by atoms with Crippen LogP contribution in [0.15, 0.2) is 53.1 Å². The van der Waals surface area contributed by atoms with Gasteiger partial charge >= 0.3 is 12.0 Å². The van der Waals surface area contributed by atoms with E-state index in [2.05, 4.69) is 15.1 Å². The monoisotopic (exact) mass is 449 g/mol. The maximum absolute atomic E-state index is 13.2. The van der Waals surface area contributed by atoms with Gasteiger partial charge in [-0.1, -0.05) is 49.3 Å². The highest BCUT2D eigenvalue weighted by Crippen LogP contribution is 2.32. The van der Waals surface area contributed by atoms with Crippen LogP contribution in [0.25, 0.3) is 10.8 Å². The van der Waals surface area contributed by atoms with E-state index < -0.39 is 5.97 Å². The minimum atomic E-state index is -0.584. The molecular weight excluding hydrogens is 426 g/mol. The molecule has 2 aromatic heterocycles. The van der Waals surface area contributed by atoms with E-state index in [1.165, 1.54) is 20.3 Å². The van der Waals surface area contributed by atoms with Gasteiger partial charge in [0, 0.05) is 6.07 Å². The molecule has 0 spiro atoms. The molecule has 0 saturated carbocycles. The molecule has 170 valence electrons. The number of ether oxygens (including phenoxy) is 4. The number of esters is 1. The Hall–Kier alpha value is -4.14. The first-order chi connectivity index (χ1) is 16.0. The summed E-state index contributed by atoms with van der Waals surface area (Å²) in [4.78, 5) is 21.5. The van der Waals surface area contributed by atoms with Crippen LogP contribution in [0.5, 0.6) is 23.5 Å². The molecule has 2 heterocycles. The van der Waals surface area contributed by atoms with Gasteiger partial charge in [0.2, 0.25) is 11.8 Å². The summed E-state index contributed by atoms with van der Waals surface area (Å²) < 4.78 is 27.0. The van der Waals surface area contributed by atoms with Crippen molar-refractivity contribution in [1.82, 2.24) is 15.1 Å². The number of rotatable bonds is 8. The molecule has 0 bridgehead atoms. The second-order valence-corrected chi connectivity index (χ2v) is 7.45. The van der Waals surface area contributed by atoms with Crippen molar-refractivity contribution in [2.24, 2.45) is 0 Å². The van der Waals surface area contributed by atoms with Crippen molar-refractivity contribution in [3.63, 3.8) is 0 Å². The zero-order valence-electron chi connectivity index (χ0n) is 18.7. The van der Waals surface area contributed by atoms with Crippen molar-refractivity contribution in [3.05, 3.63) is 65.5 Å². The summed E-state index contributed by atoms with van der Waals surface area (Å²) in [6.07, 6.45) is 0. The van der Waals surface area contributed by atoms with Crippen LogP contribution >= 0.6 is 0 Å². The predicted molar refractivity (Wildman–Crippen MR) is 119 cm³/mol. The van der Waals surface area contributed by atoms with E-state index in [9.17, 15) is 4.79 Å². The lowest BCUT2D eigenvalue weighted by atomic mass is 10.0. The molecule has 0 unspecified atom stereocenters. The van der Waals surface area contributed by atoms with Crippen LogP contribution in [0.4, 0.5) is 0 Å². The molecule has 9 heteroatoms. The minimum absolute atomic E-state index is 0.0349. The van der Waals surface area contributed by atoms with Gasteiger partial charge in [-0.3, -0.25) is 0 Å². The van der Waals surface area contributed by atoms with Crippen LogP contribution in [0.2, 0.25) is 0 Å². The fraction of sp³-hybridized carbons (Fsp3) is 0.250. The lowest BCUT2D eigenvalue weighted by Gasteiger charge is -2.13. The number of benzene rings is 2. The fourth-order valence-corrected chi connectivity index (χ4v) is 3.16. The van der Waals surface area contributed by atoms with Gasteiger partial charge in [0.25, 0.3) is 0 Å². The Balaban J connectivity index is 1.67. The van der Waals surface area contributed by atoms with Crippen LogP contribution < -0.4 is 14.2 Å². The molecule has 4 rings (SSSR count). The Bertz CT molecular complexity index is 1260. The molecule has 0 aliphatic carbocycles. The Morgan fingerprint density at radius 3 is 2.39 bits per heavy atom. The number of carbonyl (C=O) groups is 1. The Kier molecular flexibility index (Phi) is 6.39. The molecule has 0 fully saturated rings. The Labute approximate surface area is 190 Å². The van der Waals surface area contributed by atoms with E-state index in [0.717, 1.165) is 11.1 Å². The molecule has 0 saturated heterocycles. The van der Waals surface area contributed by atoms with Gasteiger partial charge in [0.15, 0.2) is 12.4 Å². The number of fused-ring (bicyclic) bond motifs is 1. The topological polar surface area (TPSA) is 106 Å². The first kappa shape index (κ1) is 22.1. The molecule has 0 aliphatic rings. The van der Waals surface area contributed by atoms with Gasteiger partial charge in [-0.05, 0) is 22.8 Å². The van der Waals surface area contributed by atoms with E-state index in [4.69, 9.17) is 23.5 Å². The molecule has 0 radical (unpaired) electrons. The third-order valence-corrected chi connectivity index (χ3v) is 4.89. The van der Waals surface area contributed by atoms with E-state index in [-0.39, 0.29) is 41.6 Å². The second kappa shape index (κ2) is 9.56. The minimum Gasteiger partial charge on any atom is -0.481 e. The molecule has 33 heavy (non-hydrogen) atoms. The van der Waals surface area contributed by atoms with Gasteiger partial charge in [0.05, 0.1) is 26.0 Å². The van der Waals surface area contributed by atoms with Gasteiger partial charge in [-0.25, -0.2) is 4.79 Å². The van der Waals surface area contributed by atoms with Crippen molar-refractivity contribution >= 4 is 16.7 Å². The van der Waals surface area contributed by atoms with Crippen LogP contribution in [-0.2, 0) is 11.3 Å². The summed E-state index contributed by atoms with van der Waals surface area (Å²) in [5.74, 6) is 0.821. The summed E-state index contributed by atoms with van der Waals surface area (Å²) in [5, 5.41) is 5.50. The standard InChI is InChI=1S/C24H23N3O6/c1-14(2)18-11-16(33-27-18)13-31-23(28)22-17-8-6-5-7-15(17)9-10-19(22)32-24-25-20(29-3)12-21(26-24)30-4/h5-12,14H,13H2,1-4H3. The van der Waals surface area contributed by atoms with Gasteiger partial charge in [0.1, 0.15) is 11.3 Å². The SMILES string of the molecule is COc1cc(OC)nc(Oc2ccc3ccccc3c2C(=O)OCc2cc(C(C)C)no2)n1. The highest BCUT2D eigenvalue weighted by molar-refractivity contribution is 6.07. The lowest BCUT2D eigenvalue weighted by Crippen LogP contribution is -2.08. The van der Waals surface area contributed by atoms with E-state index in [1.807, 2.05) is 44.2 Å². The fourth-order valence-electron chi connectivity index (χ4n) is 3.16. The second-order valence-electron chi connectivity index (χ2n) is 7.45. The average molecular weight is 449 g/mol. The predicted octanol–water partition coefficient (Wildman–Crippen LogP) is 4.91. The highest BCUT2D eigenvalue weighted by atomic mass is 16.6. The number of hydrogen-bond acceptors (Lipinski definition) is 9. The van der Waals surface area contributed by atoms with E-state index >= 15 is 0 Å². The van der Waals surface area contributed by atoms with Crippen LogP contribution in [-0.4, -0.2) is 35.3 Å². The third kappa shape index (κ3) is 4.87. The van der Waals surface area contributed by atoms with Crippen LogP contribution in [0.3, 0.4) is 0 Å². The smallest absolute Gasteiger partial charge is 0.343 e. The lowest BCUT2D eigenvalue weighted by molar-refractivity contribution is 0.0436. The number of aromatic nitrogens is 3. The molecule has 0 aliphatic heterocycles. The third-order valence-electron chi connectivity index (χ3n) is 4.89. The summed E-state index contributed by atoms with van der Waals surface area (Å²) in [6, 6.07) is 14.2. The largest absolute Gasteiger partial charge is 0.481 e. The maximum Gasteiger partial charge on any atom is 0.343 e. The first-order valence-corrected chi connectivity index (χ1v) is 10.3. The van der Waals surface area contributed by atoms with Crippen molar-refractivity contribution in [2.75, 3.05) is 14.2 Å². The number of carbonyl (C=O) groups excluding carboxylic acids is 1. The maximum atomic E-state index is 13.2. The summed E-state index contributed by atoms with van der Waals surface area (Å²) in [7, 11) is 2.94. The average Bonchev–Trinajstić information content (AvgIpc) is 3.31. The van der Waals surface area contributed by atoms with Gasteiger partial charge < -0.3 is 23.5 Å². The van der Waals surface area contributed by atoms with Crippen molar-refractivity contribution in [2.45, 2.75) is 26.4 Å². The molecular formula is C24H23N3O6. The molecule has 4 aromatic rings. The van der Waals surface area contributed by atoms with E-state index in [0.29, 0.717) is 11.1 Å². The molecule has 2 aromatic carbocycles. The number of hydrogen-bond donors (Lipinski definition) is 0. The normalized spacial score (nSPS) is 10.9. The zero-order valence-corrected chi connectivity index (χ0v) is 18.7. The van der Waals surface area contributed by atoms with Crippen LogP contribution in [0.1, 0.15) is 41.6 Å². The van der Waals surface area contributed by atoms with Crippen LogP contribution in [0, 0.1) is 0 Å². The van der Waals surface area contributed by atoms with E-state index in [1.54, 1.807) is 12.1 Å². The molecule has 0 atom stereocenters. The molecule has 0 N–H and O–H groups in total.